The fourth-order valence-corrected chi connectivity index (χ4v) is 4.67. The number of sulfone groups is 1. The van der Waals surface area contributed by atoms with Crippen LogP contribution in [0.25, 0.3) is 0 Å². The van der Waals surface area contributed by atoms with Gasteiger partial charge in [-0.1, -0.05) is 13.8 Å². The summed E-state index contributed by atoms with van der Waals surface area (Å²) in [5, 5.41) is 2.65. The Labute approximate surface area is 154 Å². The van der Waals surface area contributed by atoms with Crippen molar-refractivity contribution in [2.24, 2.45) is 5.92 Å². The van der Waals surface area contributed by atoms with Gasteiger partial charge in [0.2, 0.25) is 5.91 Å². The average molecular weight is 382 g/mol. The first-order valence-corrected chi connectivity index (χ1v) is 10.5. The van der Waals surface area contributed by atoms with Crippen molar-refractivity contribution in [3.8, 4) is 5.75 Å². The fourth-order valence-electron chi connectivity index (χ4n) is 2.93. The first kappa shape index (κ1) is 20.2. The number of hydrogen-bond acceptors (Lipinski definition) is 5. The number of ether oxygens (including phenoxy) is 1. The van der Waals surface area contributed by atoms with Crippen molar-refractivity contribution in [2.75, 3.05) is 30.0 Å². The van der Waals surface area contributed by atoms with Crippen molar-refractivity contribution in [3.63, 3.8) is 0 Å². The normalized spacial score (nSPS) is 18.5. The Balaban J connectivity index is 1.97. The lowest BCUT2D eigenvalue weighted by atomic mass is 10.1. The molecule has 0 bridgehead atoms. The minimum absolute atomic E-state index is 0.0247. The van der Waals surface area contributed by atoms with Gasteiger partial charge < -0.3 is 15.0 Å². The van der Waals surface area contributed by atoms with E-state index in [9.17, 15) is 18.0 Å². The lowest BCUT2D eigenvalue weighted by Gasteiger charge is -2.29. The van der Waals surface area contributed by atoms with Crippen molar-refractivity contribution in [1.29, 1.82) is 0 Å². The zero-order valence-corrected chi connectivity index (χ0v) is 16.2. The second kappa shape index (κ2) is 8.53. The molecular weight excluding hydrogens is 356 g/mol. The van der Waals surface area contributed by atoms with Crippen molar-refractivity contribution in [1.82, 2.24) is 4.90 Å². The highest BCUT2D eigenvalue weighted by atomic mass is 32.2. The molecule has 26 heavy (non-hydrogen) atoms. The summed E-state index contributed by atoms with van der Waals surface area (Å²) in [7, 11) is -3.06. The molecule has 1 N–H and O–H groups in total. The first-order valence-electron chi connectivity index (χ1n) is 8.66. The van der Waals surface area contributed by atoms with Crippen LogP contribution >= 0.6 is 0 Å². The fraction of sp³-hybridized carbons (Fsp3) is 0.556. The summed E-state index contributed by atoms with van der Waals surface area (Å²) in [5.74, 6) is 0.522. The van der Waals surface area contributed by atoms with Crippen molar-refractivity contribution in [3.05, 3.63) is 24.3 Å². The SMILES string of the molecule is CC(=O)Nc1ccc(OCC(=O)N(CC(C)C)[C@H]2CCS(=O)(=O)C2)cc1. The third-order valence-corrected chi connectivity index (χ3v) is 5.82. The smallest absolute Gasteiger partial charge is 0.260 e. The van der Waals surface area contributed by atoms with Crippen molar-refractivity contribution >= 4 is 27.3 Å². The topological polar surface area (TPSA) is 92.8 Å². The van der Waals surface area contributed by atoms with Gasteiger partial charge in [-0.25, -0.2) is 8.42 Å². The van der Waals surface area contributed by atoms with E-state index < -0.39 is 9.84 Å². The number of carbonyl (C=O) groups excluding carboxylic acids is 2. The van der Waals surface area contributed by atoms with E-state index in [2.05, 4.69) is 5.32 Å². The lowest BCUT2D eigenvalue weighted by Crippen LogP contribution is -2.45. The molecule has 2 amide bonds. The number of hydrogen-bond donors (Lipinski definition) is 1. The van der Waals surface area contributed by atoms with Crippen LogP contribution in [0.15, 0.2) is 24.3 Å². The van der Waals surface area contributed by atoms with E-state index >= 15 is 0 Å². The number of benzene rings is 1. The molecule has 144 valence electrons. The van der Waals surface area contributed by atoms with Crippen LogP contribution in [0.4, 0.5) is 5.69 Å². The molecule has 1 aromatic carbocycles. The van der Waals surface area contributed by atoms with E-state index in [4.69, 9.17) is 4.74 Å². The van der Waals surface area contributed by atoms with Crippen LogP contribution in [0.1, 0.15) is 27.2 Å². The largest absolute Gasteiger partial charge is 0.484 e. The molecule has 0 spiro atoms. The molecule has 1 aliphatic heterocycles. The number of rotatable bonds is 7. The van der Waals surface area contributed by atoms with Gasteiger partial charge in [0, 0.05) is 25.2 Å². The predicted octanol–water partition coefficient (Wildman–Crippen LogP) is 1.70. The van der Waals surface area contributed by atoms with E-state index in [0.717, 1.165) is 0 Å². The number of nitrogens with one attached hydrogen (secondary N) is 1. The maximum Gasteiger partial charge on any atom is 0.260 e. The molecule has 0 aliphatic carbocycles. The average Bonchev–Trinajstić information content (AvgIpc) is 2.90. The molecule has 1 aliphatic rings. The molecular formula is C18H26N2O5S. The highest BCUT2D eigenvalue weighted by Crippen LogP contribution is 2.20. The van der Waals surface area contributed by atoms with Gasteiger partial charge in [-0.2, -0.15) is 0 Å². The maximum atomic E-state index is 12.6. The van der Waals surface area contributed by atoms with Gasteiger partial charge >= 0.3 is 0 Å². The minimum Gasteiger partial charge on any atom is -0.484 e. The van der Waals surface area contributed by atoms with Crippen LogP contribution in [0.2, 0.25) is 0 Å². The molecule has 7 nitrogen and oxygen atoms in total. The second-order valence-corrected chi connectivity index (χ2v) is 9.22. The monoisotopic (exact) mass is 382 g/mol. The summed E-state index contributed by atoms with van der Waals surface area (Å²) < 4.78 is 29.0. The second-order valence-electron chi connectivity index (χ2n) is 6.99. The molecule has 1 atom stereocenters. The molecule has 8 heteroatoms. The predicted molar refractivity (Wildman–Crippen MR) is 99.9 cm³/mol. The van der Waals surface area contributed by atoms with Crippen LogP contribution in [0, 0.1) is 5.92 Å². The Kier molecular flexibility index (Phi) is 6.63. The van der Waals surface area contributed by atoms with Crippen molar-refractivity contribution < 1.29 is 22.7 Å². The summed E-state index contributed by atoms with van der Waals surface area (Å²) in [6.45, 7) is 5.76. The van der Waals surface area contributed by atoms with Gasteiger partial charge in [0.25, 0.3) is 5.91 Å². The van der Waals surface area contributed by atoms with Gasteiger partial charge in [0.15, 0.2) is 16.4 Å². The highest BCUT2D eigenvalue weighted by Gasteiger charge is 2.34. The number of carbonyl (C=O) groups is 2. The zero-order valence-electron chi connectivity index (χ0n) is 15.4. The van der Waals surface area contributed by atoms with Gasteiger partial charge in [0.1, 0.15) is 5.75 Å². The molecule has 0 unspecified atom stereocenters. The van der Waals surface area contributed by atoms with Gasteiger partial charge in [0.05, 0.1) is 11.5 Å². The van der Waals surface area contributed by atoms with E-state index in [1.807, 2.05) is 13.8 Å². The van der Waals surface area contributed by atoms with E-state index in [1.54, 1.807) is 29.2 Å². The number of amides is 2. The van der Waals surface area contributed by atoms with Crippen LogP contribution in [0.3, 0.4) is 0 Å². The molecule has 0 aromatic heterocycles. The van der Waals surface area contributed by atoms with E-state index in [1.165, 1.54) is 6.92 Å². The summed E-state index contributed by atoms with van der Waals surface area (Å²) >= 11 is 0. The summed E-state index contributed by atoms with van der Waals surface area (Å²) in [5.41, 5.74) is 0.647. The Hall–Kier alpha value is -2.09. The Bertz CT molecular complexity index is 743. The van der Waals surface area contributed by atoms with Crippen LogP contribution in [-0.2, 0) is 19.4 Å². The minimum atomic E-state index is -3.06. The molecule has 1 fully saturated rings. The molecule has 0 radical (unpaired) electrons. The quantitative estimate of drug-likeness (QED) is 0.775. The van der Waals surface area contributed by atoms with Crippen LogP contribution < -0.4 is 10.1 Å². The molecule has 1 aromatic rings. The summed E-state index contributed by atoms with van der Waals surface area (Å²) in [4.78, 5) is 25.3. The standard InChI is InChI=1S/C18H26N2O5S/c1-13(2)10-20(16-8-9-26(23,24)12-16)18(22)11-25-17-6-4-15(5-7-17)19-14(3)21/h4-7,13,16H,8-12H2,1-3H3,(H,19,21)/t16-/m0/s1. The first-order chi connectivity index (χ1) is 12.2. The Morgan fingerprint density at radius 2 is 1.92 bits per heavy atom. The van der Waals surface area contributed by atoms with E-state index in [-0.39, 0.29) is 41.9 Å². The third kappa shape index (κ3) is 6.01. The van der Waals surface area contributed by atoms with Gasteiger partial charge in [-0.15, -0.1) is 0 Å². The summed E-state index contributed by atoms with van der Waals surface area (Å²) in [6.07, 6.45) is 0.478. The van der Waals surface area contributed by atoms with Gasteiger partial charge in [-0.3, -0.25) is 9.59 Å². The Morgan fingerprint density at radius 3 is 2.42 bits per heavy atom. The van der Waals surface area contributed by atoms with Crippen LogP contribution in [-0.4, -0.2) is 55.8 Å². The van der Waals surface area contributed by atoms with Crippen LogP contribution in [0.5, 0.6) is 5.75 Å². The van der Waals surface area contributed by atoms with E-state index in [0.29, 0.717) is 24.4 Å². The van der Waals surface area contributed by atoms with Crippen molar-refractivity contribution in [2.45, 2.75) is 33.2 Å². The number of nitrogens with zero attached hydrogens (tertiary/aromatic N) is 1. The molecule has 0 saturated carbocycles. The molecule has 2 rings (SSSR count). The van der Waals surface area contributed by atoms with Gasteiger partial charge in [-0.05, 0) is 36.6 Å². The Morgan fingerprint density at radius 1 is 1.27 bits per heavy atom. The zero-order chi connectivity index (χ0) is 19.3. The number of anilines is 1. The summed E-state index contributed by atoms with van der Waals surface area (Å²) in [6, 6.07) is 6.45. The molecule has 1 saturated heterocycles. The lowest BCUT2D eigenvalue weighted by molar-refractivity contribution is -0.135. The third-order valence-electron chi connectivity index (χ3n) is 4.07. The maximum absolute atomic E-state index is 12.6. The molecule has 1 heterocycles. The highest BCUT2D eigenvalue weighted by molar-refractivity contribution is 7.91.